The third-order valence-electron chi connectivity index (χ3n) is 3.13. The maximum Gasteiger partial charge on any atom is 0.261 e. The molecule has 0 fully saturated rings. The summed E-state index contributed by atoms with van der Waals surface area (Å²) in [6.45, 7) is 0. The van der Waals surface area contributed by atoms with E-state index in [2.05, 4.69) is 49.3 Å². The lowest BCUT2D eigenvalue weighted by atomic mass is 10.0. The van der Waals surface area contributed by atoms with Crippen LogP contribution >= 0.6 is 55.0 Å². The zero-order chi connectivity index (χ0) is 14.1. The van der Waals surface area contributed by atoms with E-state index in [4.69, 9.17) is 0 Å². The molecule has 2 heterocycles. The van der Waals surface area contributed by atoms with E-state index in [9.17, 15) is 4.79 Å². The summed E-state index contributed by atoms with van der Waals surface area (Å²) in [6, 6.07) is 10.3. The number of fused-ring (bicyclic) bond motifs is 1. The molecule has 1 atom stereocenters. The van der Waals surface area contributed by atoms with Gasteiger partial charge in [-0.1, -0.05) is 18.2 Å². The first-order chi connectivity index (χ1) is 9.65. The zero-order valence-corrected chi connectivity index (χ0v) is 15.2. The molecule has 104 valence electrons. The number of rotatable bonds is 2. The Hall–Kier alpha value is -0.300. The number of benzene rings is 1. The molecule has 1 aromatic heterocycles. The molecule has 20 heavy (non-hydrogen) atoms. The average molecular weight is 433 g/mol. The molecule has 3 rings (SSSR count). The molecule has 2 nitrogen and oxygen atoms in total. The lowest BCUT2D eigenvalue weighted by molar-refractivity contribution is 0.0939. The number of hydrogen-bond acceptors (Lipinski definition) is 3. The number of halogens is 2. The second kappa shape index (κ2) is 6.22. The van der Waals surface area contributed by atoms with Gasteiger partial charge >= 0.3 is 0 Å². The topological polar surface area (TPSA) is 29.1 Å². The van der Waals surface area contributed by atoms with Crippen molar-refractivity contribution < 1.29 is 4.79 Å². The number of thioether (sulfide) groups is 1. The summed E-state index contributed by atoms with van der Waals surface area (Å²) >= 11 is 10.1. The van der Waals surface area contributed by atoms with Gasteiger partial charge in [0.15, 0.2) is 0 Å². The van der Waals surface area contributed by atoms with Crippen molar-refractivity contribution in [3.63, 3.8) is 0 Å². The van der Waals surface area contributed by atoms with Crippen LogP contribution in [0.25, 0.3) is 0 Å². The first-order valence-electron chi connectivity index (χ1n) is 6.12. The molecule has 0 saturated carbocycles. The summed E-state index contributed by atoms with van der Waals surface area (Å²) in [6.07, 6.45) is 0.973. The van der Waals surface area contributed by atoms with E-state index in [1.54, 1.807) is 0 Å². The van der Waals surface area contributed by atoms with Gasteiger partial charge in [0.1, 0.15) is 0 Å². The Morgan fingerprint density at radius 1 is 1.30 bits per heavy atom. The lowest BCUT2D eigenvalue weighted by Gasteiger charge is -2.25. The minimum absolute atomic E-state index is 0.00639. The van der Waals surface area contributed by atoms with E-state index in [0.29, 0.717) is 0 Å². The minimum atomic E-state index is -0.00639. The molecule has 1 aliphatic rings. The molecule has 1 amide bonds. The number of carbonyl (C=O) groups excluding carboxylic acids is 1. The van der Waals surface area contributed by atoms with Crippen molar-refractivity contribution in [2.45, 2.75) is 17.4 Å². The Morgan fingerprint density at radius 3 is 2.85 bits per heavy atom. The molecule has 1 aromatic carbocycles. The average Bonchev–Trinajstić information content (AvgIpc) is 2.79. The van der Waals surface area contributed by atoms with Gasteiger partial charge in [0.2, 0.25) is 0 Å². The molecule has 6 heteroatoms. The molecule has 1 N–H and O–H groups in total. The molecule has 0 spiro atoms. The number of hydrogen-bond donors (Lipinski definition) is 1. The van der Waals surface area contributed by atoms with E-state index in [-0.39, 0.29) is 11.9 Å². The highest BCUT2D eigenvalue weighted by molar-refractivity contribution is 9.13. The highest BCUT2D eigenvalue weighted by atomic mass is 79.9. The summed E-state index contributed by atoms with van der Waals surface area (Å²) in [4.78, 5) is 14.3. The first-order valence-corrected chi connectivity index (χ1v) is 9.51. The predicted molar refractivity (Wildman–Crippen MR) is 91.7 cm³/mol. The molecule has 0 bridgehead atoms. The normalized spacial score (nSPS) is 17.6. The van der Waals surface area contributed by atoms with Gasteiger partial charge in [0.05, 0.1) is 14.7 Å². The van der Waals surface area contributed by atoms with E-state index in [0.717, 1.165) is 25.3 Å². The SMILES string of the molecule is O=C(NC1CCSc2ccccc21)c1cc(Br)c(Br)s1. The highest BCUT2D eigenvalue weighted by Crippen LogP contribution is 2.37. The summed E-state index contributed by atoms with van der Waals surface area (Å²) < 4.78 is 1.87. The molecule has 0 saturated heterocycles. The fourth-order valence-electron chi connectivity index (χ4n) is 2.18. The quantitative estimate of drug-likeness (QED) is 0.702. The van der Waals surface area contributed by atoms with Crippen molar-refractivity contribution >= 4 is 60.9 Å². The smallest absolute Gasteiger partial charge is 0.261 e. The van der Waals surface area contributed by atoms with Crippen LogP contribution in [0.4, 0.5) is 0 Å². The van der Waals surface area contributed by atoms with Crippen molar-refractivity contribution in [2.75, 3.05) is 5.75 Å². The Labute approximate surface area is 142 Å². The van der Waals surface area contributed by atoms with Gasteiger partial charge in [-0.2, -0.15) is 0 Å². The second-order valence-electron chi connectivity index (χ2n) is 4.43. The molecule has 0 radical (unpaired) electrons. The summed E-state index contributed by atoms with van der Waals surface area (Å²) in [5.41, 5.74) is 1.23. The predicted octanol–water partition coefficient (Wildman–Crippen LogP) is 5.24. The van der Waals surface area contributed by atoms with E-state index < -0.39 is 0 Å². The van der Waals surface area contributed by atoms with E-state index in [1.807, 2.05) is 30.0 Å². The van der Waals surface area contributed by atoms with Crippen LogP contribution in [-0.2, 0) is 0 Å². The van der Waals surface area contributed by atoms with Gasteiger partial charge in [-0.3, -0.25) is 4.79 Å². The van der Waals surface area contributed by atoms with Crippen molar-refractivity contribution in [3.8, 4) is 0 Å². The summed E-state index contributed by atoms with van der Waals surface area (Å²) in [5, 5.41) is 3.15. The largest absolute Gasteiger partial charge is 0.344 e. The van der Waals surface area contributed by atoms with Crippen molar-refractivity contribution in [1.82, 2.24) is 5.32 Å². The Morgan fingerprint density at radius 2 is 2.10 bits per heavy atom. The molecule has 0 aliphatic carbocycles. The van der Waals surface area contributed by atoms with Crippen LogP contribution in [0.1, 0.15) is 27.7 Å². The number of thiophene rings is 1. The Kier molecular flexibility index (Phi) is 4.55. The van der Waals surface area contributed by atoms with Crippen LogP contribution < -0.4 is 5.32 Å². The Balaban J connectivity index is 1.80. The van der Waals surface area contributed by atoms with Crippen molar-refractivity contribution in [2.24, 2.45) is 0 Å². The third-order valence-corrected chi connectivity index (χ3v) is 7.51. The molecule has 2 aromatic rings. The fraction of sp³-hybridized carbons (Fsp3) is 0.214. The van der Waals surface area contributed by atoms with E-state index in [1.165, 1.54) is 21.8 Å². The maximum atomic E-state index is 12.3. The van der Waals surface area contributed by atoms with Gasteiger partial charge in [-0.15, -0.1) is 23.1 Å². The van der Waals surface area contributed by atoms with Gasteiger partial charge < -0.3 is 5.32 Å². The van der Waals surface area contributed by atoms with Gasteiger partial charge in [0, 0.05) is 15.1 Å². The summed E-state index contributed by atoms with van der Waals surface area (Å²) in [5.74, 6) is 1.04. The summed E-state index contributed by atoms with van der Waals surface area (Å²) in [7, 11) is 0. The number of carbonyl (C=O) groups is 1. The molecular formula is C14H11Br2NOS2. The minimum Gasteiger partial charge on any atom is -0.344 e. The van der Waals surface area contributed by atoms with Gasteiger partial charge in [-0.05, 0) is 56.0 Å². The third kappa shape index (κ3) is 2.98. The lowest BCUT2D eigenvalue weighted by Crippen LogP contribution is -2.30. The van der Waals surface area contributed by atoms with Crippen LogP contribution in [0.15, 0.2) is 43.5 Å². The second-order valence-corrected chi connectivity index (χ2v) is 8.79. The van der Waals surface area contributed by atoms with Gasteiger partial charge in [-0.25, -0.2) is 0 Å². The number of amides is 1. The van der Waals surface area contributed by atoms with Crippen LogP contribution in [0.5, 0.6) is 0 Å². The monoisotopic (exact) mass is 431 g/mol. The fourth-order valence-corrected chi connectivity index (χ4v) is 5.24. The zero-order valence-electron chi connectivity index (χ0n) is 10.4. The van der Waals surface area contributed by atoms with Crippen LogP contribution in [0.3, 0.4) is 0 Å². The van der Waals surface area contributed by atoms with Crippen LogP contribution in [0.2, 0.25) is 0 Å². The maximum absolute atomic E-state index is 12.3. The molecule has 1 aliphatic heterocycles. The van der Waals surface area contributed by atoms with E-state index >= 15 is 0 Å². The van der Waals surface area contributed by atoms with Crippen molar-refractivity contribution in [3.05, 3.63) is 49.0 Å². The molecule has 1 unspecified atom stereocenters. The van der Waals surface area contributed by atoms with Crippen LogP contribution in [-0.4, -0.2) is 11.7 Å². The Bertz CT molecular complexity index is 637. The van der Waals surface area contributed by atoms with Gasteiger partial charge in [0.25, 0.3) is 5.91 Å². The highest BCUT2D eigenvalue weighted by Gasteiger charge is 2.23. The van der Waals surface area contributed by atoms with Crippen molar-refractivity contribution in [1.29, 1.82) is 0 Å². The molecular weight excluding hydrogens is 422 g/mol. The van der Waals surface area contributed by atoms with Crippen LogP contribution in [0, 0.1) is 0 Å². The standard InChI is InChI=1S/C14H11Br2NOS2/c15-9-7-12(20-13(9)16)14(18)17-10-5-6-19-11-4-2-1-3-8(10)11/h1-4,7,10H,5-6H2,(H,17,18). The first kappa shape index (κ1) is 14.6. The number of nitrogens with one attached hydrogen (secondary N) is 1.